The topological polar surface area (TPSA) is 75.2 Å². The van der Waals surface area contributed by atoms with E-state index in [2.05, 4.69) is 27.4 Å². The molecular weight excluding hydrogens is 380 g/mol. The van der Waals surface area contributed by atoms with Crippen LogP contribution in [0.1, 0.15) is 22.7 Å². The summed E-state index contributed by atoms with van der Waals surface area (Å²) in [5.41, 5.74) is 2.06. The van der Waals surface area contributed by atoms with E-state index in [9.17, 15) is 9.59 Å². The van der Waals surface area contributed by atoms with E-state index < -0.39 is 0 Å². The largest absolute Gasteiger partial charge is 0.350 e. The van der Waals surface area contributed by atoms with Gasteiger partial charge in [-0.15, -0.1) is 22.7 Å². The molecule has 0 radical (unpaired) electrons. The van der Waals surface area contributed by atoms with E-state index in [-0.39, 0.29) is 24.2 Å². The van der Waals surface area contributed by atoms with Crippen LogP contribution in [0.25, 0.3) is 0 Å². The van der Waals surface area contributed by atoms with Crippen LogP contribution < -0.4 is 10.2 Å². The van der Waals surface area contributed by atoms with Gasteiger partial charge in [0, 0.05) is 36.3 Å². The fourth-order valence-corrected chi connectivity index (χ4v) is 4.52. The molecule has 1 saturated heterocycles. The van der Waals surface area contributed by atoms with Gasteiger partial charge in [0.05, 0.1) is 23.2 Å². The van der Waals surface area contributed by atoms with Gasteiger partial charge in [0.1, 0.15) is 0 Å². The first-order valence-electron chi connectivity index (χ1n) is 8.64. The number of thiazole rings is 2. The lowest BCUT2D eigenvalue weighted by molar-refractivity contribution is -0.126. The van der Waals surface area contributed by atoms with Crippen LogP contribution >= 0.6 is 22.7 Å². The molecule has 1 aliphatic heterocycles. The van der Waals surface area contributed by atoms with Gasteiger partial charge in [-0.25, -0.2) is 9.97 Å². The Morgan fingerprint density at radius 3 is 2.89 bits per heavy atom. The molecule has 0 aliphatic carbocycles. The smallest absolute Gasteiger partial charge is 0.229 e. The summed E-state index contributed by atoms with van der Waals surface area (Å²) in [5.74, 6) is -0.507. The quantitative estimate of drug-likeness (QED) is 0.693. The molecule has 8 heteroatoms. The number of hydrogen-bond acceptors (Lipinski definition) is 6. The minimum Gasteiger partial charge on any atom is -0.350 e. The van der Waals surface area contributed by atoms with Gasteiger partial charge in [0.15, 0.2) is 5.13 Å². The Hall–Kier alpha value is -2.58. The highest BCUT2D eigenvalue weighted by Crippen LogP contribution is 2.26. The molecule has 0 bridgehead atoms. The van der Waals surface area contributed by atoms with E-state index in [1.807, 2.05) is 29.0 Å². The maximum Gasteiger partial charge on any atom is 0.229 e. The predicted octanol–water partition coefficient (Wildman–Crippen LogP) is 2.86. The minimum absolute atomic E-state index is 0.0519. The summed E-state index contributed by atoms with van der Waals surface area (Å²) < 4.78 is 0. The first kappa shape index (κ1) is 17.8. The van der Waals surface area contributed by atoms with Gasteiger partial charge in [0.25, 0.3) is 0 Å². The van der Waals surface area contributed by atoms with Crippen molar-refractivity contribution in [1.82, 2.24) is 15.3 Å². The number of rotatable bonds is 6. The molecular formula is C19H18N4O2S2. The molecule has 1 aliphatic rings. The Balaban J connectivity index is 1.30. The predicted molar refractivity (Wildman–Crippen MR) is 106 cm³/mol. The summed E-state index contributed by atoms with van der Waals surface area (Å²) in [6.07, 6.45) is 2.68. The third kappa shape index (κ3) is 4.23. The molecule has 2 aromatic heterocycles. The number of carbonyl (C=O) groups excluding carboxylic acids is 2. The van der Waals surface area contributed by atoms with E-state index in [1.54, 1.807) is 22.4 Å². The second-order valence-electron chi connectivity index (χ2n) is 6.33. The fraction of sp³-hybridized carbons (Fsp3) is 0.263. The van der Waals surface area contributed by atoms with Crippen molar-refractivity contribution in [3.63, 3.8) is 0 Å². The number of benzene rings is 1. The van der Waals surface area contributed by atoms with Crippen molar-refractivity contribution in [3.8, 4) is 0 Å². The van der Waals surface area contributed by atoms with Crippen LogP contribution in [0.5, 0.6) is 0 Å². The van der Waals surface area contributed by atoms with Crippen LogP contribution in [0, 0.1) is 5.92 Å². The summed E-state index contributed by atoms with van der Waals surface area (Å²) in [6, 6.07) is 10.2. The zero-order valence-corrected chi connectivity index (χ0v) is 16.1. The summed E-state index contributed by atoms with van der Waals surface area (Å²) in [5, 5.41) is 8.39. The zero-order chi connectivity index (χ0) is 18.6. The Kier molecular flexibility index (Phi) is 5.26. The number of amides is 2. The number of aromatic nitrogens is 2. The van der Waals surface area contributed by atoms with Crippen LogP contribution in [0.2, 0.25) is 0 Å². The average Bonchev–Trinajstić information content (AvgIpc) is 3.41. The molecule has 1 fully saturated rings. The van der Waals surface area contributed by atoms with E-state index in [0.717, 1.165) is 17.1 Å². The summed E-state index contributed by atoms with van der Waals surface area (Å²) in [7, 11) is 0. The van der Waals surface area contributed by atoms with Crippen molar-refractivity contribution in [2.45, 2.75) is 19.4 Å². The minimum atomic E-state index is -0.344. The van der Waals surface area contributed by atoms with Crippen LogP contribution in [0.3, 0.4) is 0 Å². The number of anilines is 1. The summed E-state index contributed by atoms with van der Waals surface area (Å²) >= 11 is 3.00. The summed E-state index contributed by atoms with van der Waals surface area (Å²) in [6.45, 7) is 0.764. The maximum absolute atomic E-state index is 12.4. The number of hydrogen-bond donors (Lipinski definition) is 1. The first-order valence-corrected chi connectivity index (χ1v) is 10.4. The Bertz CT molecular complexity index is 924. The first-order chi connectivity index (χ1) is 13.2. The van der Waals surface area contributed by atoms with Gasteiger partial charge in [-0.1, -0.05) is 30.3 Å². The van der Waals surface area contributed by atoms with E-state index in [4.69, 9.17) is 0 Å². The normalized spacial score (nSPS) is 16.7. The zero-order valence-electron chi connectivity index (χ0n) is 14.5. The molecule has 3 aromatic rings. The highest BCUT2D eigenvalue weighted by atomic mass is 32.1. The molecule has 1 unspecified atom stereocenters. The van der Waals surface area contributed by atoms with Gasteiger partial charge in [-0.3, -0.25) is 14.5 Å². The van der Waals surface area contributed by atoms with Gasteiger partial charge in [-0.2, -0.15) is 0 Å². The van der Waals surface area contributed by atoms with Gasteiger partial charge >= 0.3 is 0 Å². The third-order valence-corrected chi connectivity index (χ3v) is 6.08. The van der Waals surface area contributed by atoms with Crippen LogP contribution in [-0.4, -0.2) is 28.3 Å². The SMILES string of the molecule is O=C(NCc1csc(Cc2ccccc2)n1)C1CC(=O)N(c2nccs2)C1. The van der Waals surface area contributed by atoms with E-state index in [0.29, 0.717) is 18.2 Å². The second-order valence-corrected chi connectivity index (χ2v) is 8.15. The molecule has 3 heterocycles. The maximum atomic E-state index is 12.4. The Labute approximate surface area is 164 Å². The van der Waals surface area contributed by atoms with Crippen molar-refractivity contribution in [3.05, 3.63) is 63.6 Å². The molecule has 138 valence electrons. The average molecular weight is 399 g/mol. The van der Waals surface area contributed by atoms with Crippen LogP contribution in [0.15, 0.2) is 47.3 Å². The molecule has 27 heavy (non-hydrogen) atoms. The highest BCUT2D eigenvalue weighted by molar-refractivity contribution is 7.13. The third-order valence-electron chi connectivity index (χ3n) is 4.39. The second kappa shape index (κ2) is 7.98. The highest BCUT2D eigenvalue weighted by Gasteiger charge is 2.36. The molecule has 2 amide bonds. The van der Waals surface area contributed by atoms with E-state index >= 15 is 0 Å². The number of nitrogens with zero attached hydrogens (tertiary/aromatic N) is 3. The van der Waals surface area contributed by atoms with Crippen molar-refractivity contribution < 1.29 is 9.59 Å². The number of nitrogens with one attached hydrogen (secondary N) is 1. The van der Waals surface area contributed by atoms with Gasteiger partial charge in [-0.05, 0) is 5.56 Å². The molecule has 1 N–H and O–H groups in total. The van der Waals surface area contributed by atoms with Crippen LogP contribution in [-0.2, 0) is 22.6 Å². The molecule has 1 aromatic carbocycles. The van der Waals surface area contributed by atoms with Crippen molar-refractivity contribution in [2.24, 2.45) is 5.92 Å². The standard InChI is InChI=1S/C19H18N4O2S2/c24-17-9-14(11-23(17)19-20-6-7-26-19)18(25)21-10-15-12-27-16(22-15)8-13-4-2-1-3-5-13/h1-7,12,14H,8-11H2,(H,21,25). The van der Waals surface area contributed by atoms with Crippen LogP contribution in [0.4, 0.5) is 5.13 Å². The lowest BCUT2D eigenvalue weighted by atomic mass is 10.1. The lowest BCUT2D eigenvalue weighted by Gasteiger charge is -2.12. The Morgan fingerprint density at radius 1 is 1.26 bits per heavy atom. The Morgan fingerprint density at radius 2 is 2.11 bits per heavy atom. The van der Waals surface area contributed by atoms with Crippen molar-refractivity contribution in [1.29, 1.82) is 0 Å². The fourth-order valence-electron chi connectivity index (χ4n) is 3.02. The summed E-state index contributed by atoms with van der Waals surface area (Å²) in [4.78, 5) is 34.9. The number of carbonyl (C=O) groups is 2. The van der Waals surface area contributed by atoms with E-state index in [1.165, 1.54) is 16.9 Å². The molecule has 4 rings (SSSR count). The van der Waals surface area contributed by atoms with Gasteiger partial charge < -0.3 is 5.32 Å². The van der Waals surface area contributed by atoms with Crippen molar-refractivity contribution in [2.75, 3.05) is 11.4 Å². The molecule has 0 spiro atoms. The molecule has 6 nitrogen and oxygen atoms in total. The monoisotopic (exact) mass is 398 g/mol. The van der Waals surface area contributed by atoms with Crippen molar-refractivity contribution >= 4 is 39.6 Å². The molecule has 0 saturated carbocycles. The molecule has 1 atom stereocenters. The lowest BCUT2D eigenvalue weighted by Crippen LogP contribution is -2.32. The van der Waals surface area contributed by atoms with Gasteiger partial charge in [0.2, 0.25) is 11.8 Å².